The lowest BCUT2D eigenvalue weighted by Gasteiger charge is -2.20. The minimum absolute atomic E-state index is 0.250. The summed E-state index contributed by atoms with van der Waals surface area (Å²) in [6.07, 6.45) is 0.546. The third-order valence-corrected chi connectivity index (χ3v) is 4.54. The van der Waals surface area contributed by atoms with E-state index in [0.717, 1.165) is 17.9 Å². The minimum Gasteiger partial charge on any atom is -0.379 e. The molecule has 0 aliphatic carbocycles. The Morgan fingerprint density at radius 1 is 1.45 bits per heavy atom. The zero-order valence-corrected chi connectivity index (χ0v) is 12.9. The zero-order valence-electron chi connectivity index (χ0n) is 12.1. The molecule has 1 aromatic carbocycles. The fourth-order valence-corrected chi connectivity index (χ4v) is 3.52. The molecule has 1 amide bonds. The van der Waals surface area contributed by atoms with Gasteiger partial charge in [0.15, 0.2) is 5.60 Å². The second-order valence-corrected chi connectivity index (χ2v) is 6.68. The van der Waals surface area contributed by atoms with Crippen molar-refractivity contribution in [3.05, 3.63) is 35.4 Å². The van der Waals surface area contributed by atoms with Gasteiger partial charge in [0.05, 0.1) is 0 Å². The predicted octanol–water partition coefficient (Wildman–Crippen LogP) is 1.23. The van der Waals surface area contributed by atoms with Crippen LogP contribution >= 0.6 is 11.8 Å². The van der Waals surface area contributed by atoms with Gasteiger partial charge in [-0.15, -0.1) is 0 Å². The van der Waals surface area contributed by atoms with Gasteiger partial charge >= 0.3 is 0 Å². The normalized spacial score (nSPS) is 22.2. The standard InChI is InChI=1S/C15H22N2O2S/c1-17(2)10-13-5-3-4-12(8-13)9-16-14(18)15(19)6-7-20-11-15/h3-5,8,19H,6-7,9-11H2,1-2H3,(H,16,18). The van der Waals surface area contributed by atoms with Crippen LogP contribution < -0.4 is 5.32 Å². The van der Waals surface area contributed by atoms with E-state index in [4.69, 9.17) is 0 Å². The Bertz CT molecular complexity index is 471. The third kappa shape index (κ3) is 3.98. The number of thioether (sulfide) groups is 1. The summed E-state index contributed by atoms with van der Waals surface area (Å²) in [5, 5.41) is 13.0. The van der Waals surface area contributed by atoms with Crippen molar-refractivity contribution in [1.82, 2.24) is 10.2 Å². The maximum Gasteiger partial charge on any atom is 0.253 e. The van der Waals surface area contributed by atoms with Gasteiger partial charge in [-0.3, -0.25) is 4.79 Å². The van der Waals surface area contributed by atoms with Gasteiger partial charge in [-0.2, -0.15) is 11.8 Å². The predicted molar refractivity (Wildman–Crippen MR) is 82.6 cm³/mol. The first kappa shape index (κ1) is 15.4. The fraction of sp³-hybridized carbons (Fsp3) is 0.533. The van der Waals surface area contributed by atoms with E-state index in [-0.39, 0.29) is 5.91 Å². The average molecular weight is 294 g/mol. The molecule has 20 heavy (non-hydrogen) atoms. The van der Waals surface area contributed by atoms with Crippen LogP contribution in [0.3, 0.4) is 0 Å². The number of nitrogens with one attached hydrogen (secondary N) is 1. The molecule has 0 spiro atoms. The Kier molecular flexibility index (Phi) is 5.07. The number of hydrogen-bond acceptors (Lipinski definition) is 4. The first-order valence-electron chi connectivity index (χ1n) is 6.80. The summed E-state index contributed by atoms with van der Waals surface area (Å²) in [5.41, 5.74) is 1.11. The second-order valence-electron chi connectivity index (χ2n) is 5.57. The summed E-state index contributed by atoms with van der Waals surface area (Å²) in [7, 11) is 4.06. The molecule has 0 aromatic heterocycles. The average Bonchev–Trinajstić information content (AvgIpc) is 2.84. The molecule has 1 aliphatic heterocycles. The van der Waals surface area contributed by atoms with E-state index in [0.29, 0.717) is 18.7 Å². The van der Waals surface area contributed by atoms with E-state index in [1.807, 2.05) is 26.2 Å². The van der Waals surface area contributed by atoms with Crippen LogP contribution in [0.25, 0.3) is 0 Å². The topological polar surface area (TPSA) is 52.6 Å². The molecule has 2 N–H and O–H groups in total. The lowest BCUT2D eigenvalue weighted by Crippen LogP contribution is -2.46. The van der Waals surface area contributed by atoms with Crippen LogP contribution in [0.4, 0.5) is 0 Å². The van der Waals surface area contributed by atoms with Gasteiger partial charge in [0, 0.05) is 18.8 Å². The molecule has 0 saturated carbocycles. The summed E-state index contributed by atoms with van der Waals surface area (Å²) in [6.45, 7) is 1.34. The van der Waals surface area contributed by atoms with Crippen molar-refractivity contribution in [2.45, 2.75) is 25.1 Å². The Balaban J connectivity index is 1.92. The molecule has 5 heteroatoms. The number of rotatable bonds is 5. The van der Waals surface area contributed by atoms with Gasteiger partial charge in [0.25, 0.3) is 5.91 Å². The first-order chi connectivity index (χ1) is 9.49. The highest BCUT2D eigenvalue weighted by atomic mass is 32.2. The minimum atomic E-state index is -1.17. The van der Waals surface area contributed by atoms with Crippen LogP contribution in [0.1, 0.15) is 17.5 Å². The molecule has 1 unspecified atom stereocenters. The molecule has 4 nitrogen and oxygen atoms in total. The van der Waals surface area contributed by atoms with E-state index in [9.17, 15) is 9.90 Å². The van der Waals surface area contributed by atoms with Crippen LogP contribution in [0.5, 0.6) is 0 Å². The van der Waals surface area contributed by atoms with E-state index < -0.39 is 5.60 Å². The first-order valence-corrected chi connectivity index (χ1v) is 7.96. The Labute approximate surface area is 124 Å². The monoisotopic (exact) mass is 294 g/mol. The van der Waals surface area contributed by atoms with Crippen molar-refractivity contribution < 1.29 is 9.90 Å². The number of nitrogens with zero attached hydrogens (tertiary/aromatic N) is 1. The van der Waals surface area contributed by atoms with Crippen molar-refractivity contribution in [2.75, 3.05) is 25.6 Å². The van der Waals surface area contributed by atoms with Gasteiger partial charge in [-0.1, -0.05) is 24.3 Å². The highest BCUT2D eigenvalue weighted by molar-refractivity contribution is 7.99. The molecular formula is C15H22N2O2S. The van der Waals surface area contributed by atoms with Crippen LogP contribution in [0.2, 0.25) is 0 Å². The van der Waals surface area contributed by atoms with Crippen molar-refractivity contribution in [2.24, 2.45) is 0 Å². The summed E-state index contributed by atoms with van der Waals surface area (Å²) < 4.78 is 0. The smallest absolute Gasteiger partial charge is 0.253 e. The number of hydrogen-bond donors (Lipinski definition) is 2. The fourth-order valence-electron chi connectivity index (χ4n) is 2.28. The van der Waals surface area contributed by atoms with Gasteiger partial charge in [0.1, 0.15) is 0 Å². The number of carbonyl (C=O) groups excluding carboxylic acids is 1. The van der Waals surface area contributed by atoms with E-state index >= 15 is 0 Å². The molecule has 2 rings (SSSR count). The molecule has 0 radical (unpaired) electrons. The highest BCUT2D eigenvalue weighted by Gasteiger charge is 2.39. The molecular weight excluding hydrogens is 272 g/mol. The molecule has 1 aliphatic rings. The number of benzene rings is 1. The molecule has 0 bridgehead atoms. The van der Waals surface area contributed by atoms with Gasteiger partial charge in [-0.05, 0) is 37.4 Å². The van der Waals surface area contributed by atoms with Crippen LogP contribution in [-0.2, 0) is 17.9 Å². The molecule has 1 fully saturated rings. The third-order valence-electron chi connectivity index (χ3n) is 3.37. The van der Waals surface area contributed by atoms with E-state index in [2.05, 4.69) is 22.3 Å². The molecule has 1 heterocycles. The van der Waals surface area contributed by atoms with Crippen LogP contribution in [0, 0.1) is 0 Å². The molecule has 1 saturated heterocycles. The molecule has 110 valence electrons. The largest absolute Gasteiger partial charge is 0.379 e. The summed E-state index contributed by atoms with van der Waals surface area (Å²) in [5.74, 6) is 1.10. The second kappa shape index (κ2) is 6.61. The summed E-state index contributed by atoms with van der Waals surface area (Å²) >= 11 is 1.62. The van der Waals surface area contributed by atoms with Gasteiger partial charge < -0.3 is 15.3 Å². The van der Waals surface area contributed by atoms with E-state index in [1.165, 1.54) is 5.56 Å². The Morgan fingerprint density at radius 3 is 2.85 bits per heavy atom. The van der Waals surface area contributed by atoms with E-state index in [1.54, 1.807) is 11.8 Å². The summed E-state index contributed by atoms with van der Waals surface area (Å²) in [4.78, 5) is 14.1. The van der Waals surface area contributed by atoms with Gasteiger partial charge in [-0.25, -0.2) is 0 Å². The van der Waals surface area contributed by atoms with Crippen LogP contribution in [0.15, 0.2) is 24.3 Å². The zero-order chi connectivity index (χ0) is 14.6. The SMILES string of the molecule is CN(C)Cc1cccc(CNC(=O)C2(O)CCSC2)c1. The van der Waals surface area contributed by atoms with Gasteiger partial charge in [0.2, 0.25) is 0 Å². The summed E-state index contributed by atoms with van der Waals surface area (Å²) in [6, 6.07) is 8.16. The van der Waals surface area contributed by atoms with Crippen molar-refractivity contribution in [1.29, 1.82) is 0 Å². The van der Waals surface area contributed by atoms with Crippen molar-refractivity contribution in [3.63, 3.8) is 0 Å². The maximum atomic E-state index is 12.0. The molecule has 1 atom stereocenters. The van der Waals surface area contributed by atoms with Crippen molar-refractivity contribution >= 4 is 17.7 Å². The highest BCUT2D eigenvalue weighted by Crippen LogP contribution is 2.27. The van der Waals surface area contributed by atoms with Crippen molar-refractivity contribution in [3.8, 4) is 0 Å². The Hall–Kier alpha value is -1.04. The maximum absolute atomic E-state index is 12.0. The quantitative estimate of drug-likeness (QED) is 0.858. The molecule has 1 aromatic rings. The number of carbonyl (C=O) groups is 1. The van der Waals surface area contributed by atoms with Crippen LogP contribution in [-0.4, -0.2) is 47.1 Å². The number of amides is 1. The lowest BCUT2D eigenvalue weighted by molar-refractivity contribution is -0.137. The Morgan fingerprint density at radius 2 is 2.20 bits per heavy atom. The number of aliphatic hydroxyl groups is 1. The lowest BCUT2D eigenvalue weighted by atomic mass is 10.0.